The minimum atomic E-state index is -0.294. The van der Waals surface area contributed by atoms with Gasteiger partial charge in [-0.1, -0.05) is 23.2 Å². The van der Waals surface area contributed by atoms with Gasteiger partial charge in [0.05, 0.1) is 22.8 Å². The summed E-state index contributed by atoms with van der Waals surface area (Å²) in [7, 11) is 1.51. The van der Waals surface area contributed by atoms with Crippen LogP contribution >= 0.6 is 23.2 Å². The number of benzene rings is 1. The molecular weight excluding hydrogens is 251 g/mol. The van der Waals surface area contributed by atoms with Crippen LogP contribution in [0, 0.1) is 0 Å². The van der Waals surface area contributed by atoms with Crippen LogP contribution in [0.1, 0.15) is 0 Å². The molecule has 1 aromatic heterocycles. The van der Waals surface area contributed by atoms with Crippen LogP contribution in [0.4, 0.5) is 0 Å². The lowest BCUT2D eigenvalue weighted by Crippen LogP contribution is -2.00. The van der Waals surface area contributed by atoms with E-state index in [1.54, 1.807) is 12.1 Å². The van der Waals surface area contributed by atoms with Crippen LogP contribution in [0.3, 0.4) is 0 Å². The molecule has 0 bridgehead atoms. The molecule has 2 aromatic rings. The second kappa shape index (κ2) is 4.23. The van der Waals surface area contributed by atoms with Gasteiger partial charge < -0.3 is 14.7 Å². The van der Waals surface area contributed by atoms with E-state index in [-0.39, 0.29) is 5.69 Å². The number of halogens is 2. The van der Waals surface area contributed by atoms with E-state index in [1.807, 2.05) is 0 Å². The molecule has 6 heteroatoms. The van der Waals surface area contributed by atoms with Gasteiger partial charge in [0.15, 0.2) is 0 Å². The molecule has 0 unspecified atom stereocenters. The number of nitrogens with one attached hydrogen (secondary N) is 2. The topological polar surface area (TPSA) is 57.9 Å². The van der Waals surface area contributed by atoms with Crippen LogP contribution in [0.2, 0.25) is 10.0 Å². The molecule has 16 heavy (non-hydrogen) atoms. The lowest BCUT2D eigenvalue weighted by atomic mass is 10.1. The molecule has 2 N–H and O–H groups in total. The zero-order valence-corrected chi connectivity index (χ0v) is 9.82. The summed E-state index contributed by atoms with van der Waals surface area (Å²) in [6, 6.07) is 3.24. The van der Waals surface area contributed by atoms with Crippen LogP contribution in [0.5, 0.6) is 5.75 Å². The third kappa shape index (κ3) is 1.94. The lowest BCUT2D eigenvalue weighted by Gasteiger charge is -2.07. The van der Waals surface area contributed by atoms with Crippen molar-refractivity contribution in [3.05, 3.63) is 38.9 Å². The molecule has 0 aliphatic carbocycles. The summed E-state index contributed by atoms with van der Waals surface area (Å²) in [6.07, 6.45) is 1.53. The summed E-state index contributed by atoms with van der Waals surface area (Å²) in [5.74, 6) is 0.494. The molecule has 0 atom stereocenters. The zero-order valence-electron chi connectivity index (χ0n) is 8.30. The number of hydrogen-bond acceptors (Lipinski definition) is 2. The van der Waals surface area contributed by atoms with Crippen LogP contribution in [-0.4, -0.2) is 17.1 Å². The molecule has 0 spiro atoms. The van der Waals surface area contributed by atoms with E-state index in [0.717, 1.165) is 0 Å². The second-order valence-electron chi connectivity index (χ2n) is 3.12. The first-order chi connectivity index (χ1) is 7.61. The molecule has 0 amide bonds. The van der Waals surface area contributed by atoms with Crippen molar-refractivity contribution in [2.75, 3.05) is 7.11 Å². The largest absolute Gasteiger partial charge is 0.495 e. The highest BCUT2D eigenvalue weighted by molar-refractivity contribution is 6.36. The molecule has 2 rings (SSSR count). The molecular formula is C10H8Cl2N2O2. The average Bonchev–Trinajstić information content (AvgIpc) is 2.67. The molecule has 0 radical (unpaired) electrons. The lowest BCUT2D eigenvalue weighted by molar-refractivity contribution is 0.415. The van der Waals surface area contributed by atoms with Gasteiger partial charge in [-0.25, -0.2) is 4.79 Å². The Morgan fingerprint density at radius 1 is 1.25 bits per heavy atom. The number of aromatic nitrogens is 2. The van der Waals surface area contributed by atoms with Crippen molar-refractivity contribution >= 4 is 23.2 Å². The number of rotatable bonds is 2. The number of ether oxygens (including phenoxy) is 1. The van der Waals surface area contributed by atoms with E-state index in [1.165, 1.54) is 13.3 Å². The minimum absolute atomic E-state index is 0.294. The monoisotopic (exact) mass is 258 g/mol. The van der Waals surface area contributed by atoms with Crippen molar-refractivity contribution in [3.63, 3.8) is 0 Å². The summed E-state index contributed by atoms with van der Waals surface area (Å²) in [6.45, 7) is 0. The van der Waals surface area contributed by atoms with E-state index in [2.05, 4.69) is 9.97 Å². The molecule has 4 nitrogen and oxygen atoms in total. The summed E-state index contributed by atoms with van der Waals surface area (Å²) < 4.78 is 5.03. The third-order valence-corrected chi connectivity index (χ3v) is 2.74. The highest BCUT2D eigenvalue weighted by atomic mass is 35.5. The van der Waals surface area contributed by atoms with Crippen molar-refractivity contribution in [2.45, 2.75) is 0 Å². The standard InChI is InChI=1S/C10H8Cl2N2O2/c1-16-9-3-6(11)5(2-7(9)12)8-4-13-10(15)14-8/h2-4H,1H3,(H2,13,14,15). The van der Waals surface area contributed by atoms with Gasteiger partial charge in [-0.05, 0) is 6.07 Å². The normalized spacial score (nSPS) is 10.4. The van der Waals surface area contributed by atoms with Gasteiger partial charge in [0.1, 0.15) is 5.75 Å². The van der Waals surface area contributed by atoms with Gasteiger partial charge in [-0.15, -0.1) is 0 Å². The maximum absolute atomic E-state index is 11.0. The summed E-state index contributed by atoms with van der Waals surface area (Å²) >= 11 is 12.0. The Hall–Kier alpha value is -1.39. The SMILES string of the molecule is COc1cc(Cl)c(-c2c[nH]c(=O)[nH]2)cc1Cl. The van der Waals surface area contributed by atoms with Crippen LogP contribution in [-0.2, 0) is 0 Å². The van der Waals surface area contributed by atoms with Crippen molar-refractivity contribution in [1.82, 2.24) is 9.97 Å². The highest BCUT2D eigenvalue weighted by Gasteiger charge is 2.10. The second-order valence-corrected chi connectivity index (χ2v) is 3.94. The third-order valence-electron chi connectivity index (χ3n) is 2.13. The predicted molar refractivity (Wildman–Crippen MR) is 63.4 cm³/mol. The number of H-pyrrole nitrogens is 2. The van der Waals surface area contributed by atoms with Crippen LogP contribution < -0.4 is 10.4 Å². The van der Waals surface area contributed by atoms with E-state index in [9.17, 15) is 4.79 Å². The Kier molecular flexibility index (Phi) is 2.94. The van der Waals surface area contributed by atoms with Gasteiger partial charge in [0, 0.05) is 17.8 Å². The molecule has 84 valence electrons. The summed E-state index contributed by atoms with van der Waals surface area (Å²) in [5, 5.41) is 0.889. The number of hydrogen-bond donors (Lipinski definition) is 2. The summed E-state index contributed by atoms with van der Waals surface area (Å²) in [4.78, 5) is 16.1. The van der Waals surface area contributed by atoms with Crippen LogP contribution in [0.15, 0.2) is 23.1 Å². The Morgan fingerprint density at radius 3 is 2.56 bits per heavy atom. The van der Waals surface area contributed by atoms with Crippen molar-refractivity contribution < 1.29 is 4.74 Å². The van der Waals surface area contributed by atoms with Gasteiger partial charge in [0.25, 0.3) is 0 Å². The maximum Gasteiger partial charge on any atom is 0.323 e. The Morgan fingerprint density at radius 2 is 2.00 bits per heavy atom. The first-order valence-corrected chi connectivity index (χ1v) is 5.18. The first kappa shape index (κ1) is 11.1. The maximum atomic E-state index is 11.0. The van der Waals surface area contributed by atoms with Crippen LogP contribution in [0.25, 0.3) is 11.3 Å². The number of aromatic amines is 2. The molecule has 1 heterocycles. The van der Waals surface area contributed by atoms with Crippen molar-refractivity contribution in [1.29, 1.82) is 0 Å². The van der Waals surface area contributed by atoms with Gasteiger partial charge in [-0.2, -0.15) is 0 Å². The minimum Gasteiger partial charge on any atom is -0.495 e. The van der Waals surface area contributed by atoms with E-state index >= 15 is 0 Å². The molecule has 0 fully saturated rings. The fourth-order valence-electron chi connectivity index (χ4n) is 1.37. The zero-order chi connectivity index (χ0) is 11.7. The highest BCUT2D eigenvalue weighted by Crippen LogP contribution is 2.35. The Bertz CT molecular complexity index is 574. The fourth-order valence-corrected chi connectivity index (χ4v) is 1.86. The average molecular weight is 259 g/mol. The predicted octanol–water partition coefficient (Wildman–Crippen LogP) is 2.69. The summed E-state index contributed by atoms with van der Waals surface area (Å²) in [5.41, 5.74) is 0.934. The Balaban J connectivity index is 2.58. The van der Waals surface area contributed by atoms with Gasteiger partial charge >= 0.3 is 5.69 Å². The first-order valence-electron chi connectivity index (χ1n) is 4.43. The fraction of sp³-hybridized carbons (Fsp3) is 0.100. The van der Waals surface area contributed by atoms with Gasteiger partial charge in [0.2, 0.25) is 0 Å². The molecule has 0 saturated heterocycles. The van der Waals surface area contributed by atoms with E-state index in [0.29, 0.717) is 27.1 Å². The quantitative estimate of drug-likeness (QED) is 0.871. The molecule has 0 saturated carbocycles. The van der Waals surface area contributed by atoms with Gasteiger partial charge in [-0.3, -0.25) is 0 Å². The Labute approximate surface area is 101 Å². The number of imidazole rings is 1. The smallest absolute Gasteiger partial charge is 0.323 e. The molecule has 0 aliphatic heterocycles. The van der Waals surface area contributed by atoms with E-state index in [4.69, 9.17) is 27.9 Å². The molecule has 1 aromatic carbocycles. The van der Waals surface area contributed by atoms with Crippen molar-refractivity contribution in [2.24, 2.45) is 0 Å². The number of methoxy groups -OCH3 is 1. The molecule has 0 aliphatic rings. The van der Waals surface area contributed by atoms with E-state index < -0.39 is 0 Å². The van der Waals surface area contributed by atoms with Crippen molar-refractivity contribution in [3.8, 4) is 17.0 Å².